The largest absolute Gasteiger partial charge is 0.396 e. The predicted molar refractivity (Wildman–Crippen MR) is 72.5 cm³/mol. The van der Waals surface area contributed by atoms with Gasteiger partial charge in [-0.2, -0.15) is 0 Å². The lowest BCUT2D eigenvalue weighted by Gasteiger charge is -2.09. The first-order chi connectivity index (χ1) is 8.11. The fourth-order valence-electron chi connectivity index (χ4n) is 1.34. The maximum absolute atomic E-state index is 11.5. The van der Waals surface area contributed by atoms with Crippen molar-refractivity contribution in [1.29, 1.82) is 0 Å². The topological polar surface area (TPSA) is 49.3 Å². The minimum atomic E-state index is -0.147. The number of halogens is 1. The SMILES string of the molecule is CC(CCO)NC(=O)/C=C/c1cccc(Br)c1. The van der Waals surface area contributed by atoms with E-state index < -0.39 is 0 Å². The van der Waals surface area contributed by atoms with E-state index in [1.54, 1.807) is 6.08 Å². The number of amides is 1. The first-order valence-electron chi connectivity index (χ1n) is 5.47. The second-order valence-corrected chi connectivity index (χ2v) is 4.73. The van der Waals surface area contributed by atoms with Gasteiger partial charge in [-0.3, -0.25) is 4.79 Å². The van der Waals surface area contributed by atoms with Crippen molar-refractivity contribution in [2.75, 3.05) is 6.61 Å². The van der Waals surface area contributed by atoms with Crippen molar-refractivity contribution >= 4 is 27.9 Å². The first-order valence-corrected chi connectivity index (χ1v) is 6.26. The average molecular weight is 298 g/mol. The Bertz CT molecular complexity index is 404. The lowest BCUT2D eigenvalue weighted by Crippen LogP contribution is -2.31. The van der Waals surface area contributed by atoms with Gasteiger partial charge in [-0.25, -0.2) is 0 Å². The fraction of sp³-hybridized carbons (Fsp3) is 0.308. The highest BCUT2D eigenvalue weighted by molar-refractivity contribution is 9.10. The van der Waals surface area contributed by atoms with E-state index in [1.807, 2.05) is 31.2 Å². The van der Waals surface area contributed by atoms with Crippen LogP contribution in [0.1, 0.15) is 18.9 Å². The van der Waals surface area contributed by atoms with Crippen LogP contribution in [0.2, 0.25) is 0 Å². The van der Waals surface area contributed by atoms with Gasteiger partial charge in [0.1, 0.15) is 0 Å². The third kappa shape index (κ3) is 5.65. The first kappa shape index (κ1) is 13.9. The van der Waals surface area contributed by atoms with Crippen LogP contribution in [0.25, 0.3) is 6.08 Å². The molecule has 1 atom stereocenters. The number of aliphatic hydroxyl groups is 1. The lowest BCUT2D eigenvalue weighted by atomic mass is 10.2. The van der Waals surface area contributed by atoms with Crippen LogP contribution in [0.4, 0.5) is 0 Å². The molecule has 0 radical (unpaired) electrons. The van der Waals surface area contributed by atoms with E-state index in [9.17, 15) is 4.79 Å². The van der Waals surface area contributed by atoms with Crippen LogP contribution in [0, 0.1) is 0 Å². The van der Waals surface area contributed by atoms with Gasteiger partial charge in [0, 0.05) is 23.2 Å². The Morgan fingerprint density at radius 2 is 2.35 bits per heavy atom. The van der Waals surface area contributed by atoms with E-state index >= 15 is 0 Å². The smallest absolute Gasteiger partial charge is 0.244 e. The molecule has 3 nitrogen and oxygen atoms in total. The number of carbonyl (C=O) groups is 1. The van der Waals surface area contributed by atoms with Gasteiger partial charge >= 0.3 is 0 Å². The molecule has 0 aliphatic rings. The summed E-state index contributed by atoms with van der Waals surface area (Å²) in [6.45, 7) is 1.94. The van der Waals surface area contributed by atoms with Gasteiger partial charge < -0.3 is 10.4 Å². The maximum atomic E-state index is 11.5. The molecule has 0 saturated heterocycles. The van der Waals surface area contributed by atoms with Crippen molar-refractivity contribution in [2.24, 2.45) is 0 Å². The number of rotatable bonds is 5. The molecule has 0 heterocycles. The molecule has 0 aromatic heterocycles. The molecule has 0 fully saturated rings. The Morgan fingerprint density at radius 3 is 3.00 bits per heavy atom. The monoisotopic (exact) mass is 297 g/mol. The van der Waals surface area contributed by atoms with Crippen molar-refractivity contribution < 1.29 is 9.90 Å². The van der Waals surface area contributed by atoms with Crippen molar-refractivity contribution in [2.45, 2.75) is 19.4 Å². The summed E-state index contributed by atoms with van der Waals surface area (Å²) < 4.78 is 0.980. The highest BCUT2D eigenvalue weighted by Gasteiger charge is 2.02. The van der Waals surface area contributed by atoms with E-state index in [-0.39, 0.29) is 18.6 Å². The number of hydrogen-bond donors (Lipinski definition) is 2. The van der Waals surface area contributed by atoms with Crippen molar-refractivity contribution in [3.8, 4) is 0 Å². The quantitative estimate of drug-likeness (QED) is 0.820. The van der Waals surface area contributed by atoms with Crippen molar-refractivity contribution in [1.82, 2.24) is 5.32 Å². The van der Waals surface area contributed by atoms with Gasteiger partial charge in [0.15, 0.2) is 0 Å². The summed E-state index contributed by atoms with van der Waals surface area (Å²) >= 11 is 3.37. The van der Waals surface area contributed by atoms with Gasteiger partial charge in [0.2, 0.25) is 5.91 Å². The summed E-state index contributed by atoms with van der Waals surface area (Å²) in [7, 11) is 0. The zero-order valence-corrected chi connectivity index (χ0v) is 11.3. The van der Waals surface area contributed by atoms with Gasteiger partial charge in [0.25, 0.3) is 0 Å². The molecule has 1 unspecified atom stereocenters. The number of nitrogens with one attached hydrogen (secondary N) is 1. The molecule has 92 valence electrons. The van der Waals surface area contributed by atoms with Gasteiger partial charge in [-0.05, 0) is 37.1 Å². The average Bonchev–Trinajstić information content (AvgIpc) is 2.27. The molecule has 2 N–H and O–H groups in total. The van der Waals surface area contributed by atoms with E-state index in [4.69, 9.17) is 5.11 Å². The third-order valence-electron chi connectivity index (χ3n) is 2.23. The minimum absolute atomic E-state index is 0.0142. The van der Waals surface area contributed by atoms with Crippen LogP contribution >= 0.6 is 15.9 Å². The summed E-state index contributed by atoms with van der Waals surface area (Å²) in [6.07, 6.45) is 3.82. The Morgan fingerprint density at radius 1 is 1.59 bits per heavy atom. The summed E-state index contributed by atoms with van der Waals surface area (Å²) in [5.41, 5.74) is 0.962. The zero-order chi connectivity index (χ0) is 12.7. The molecule has 4 heteroatoms. The molecular formula is C13H16BrNO2. The second kappa shape index (κ2) is 7.25. The molecule has 1 rings (SSSR count). The van der Waals surface area contributed by atoms with Gasteiger partial charge in [-0.15, -0.1) is 0 Å². The molecule has 17 heavy (non-hydrogen) atoms. The lowest BCUT2D eigenvalue weighted by molar-refractivity contribution is -0.117. The Labute approximate surface area is 110 Å². The second-order valence-electron chi connectivity index (χ2n) is 3.81. The van der Waals surface area contributed by atoms with Gasteiger partial charge in [0.05, 0.1) is 0 Å². The summed E-state index contributed by atoms with van der Waals surface area (Å²) in [4.78, 5) is 11.5. The Balaban J connectivity index is 2.51. The van der Waals surface area contributed by atoms with Crippen molar-refractivity contribution in [3.05, 3.63) is 40.4 Å². The standard InChI is InChI=1S/C13H16BrNO2/c1-10(7-8-16)15-13(17)6-5-11-3-2-4-12(14)9-11/h2-6,9-10,16H,7-8H2,1H3,(H,15,17)/b6-5+. The summed E-state index contributed by atoms with van der Waals surface area (Å²) in [5, 5.41) is 11.5. The molecule has 0 bridgehead atoms. The van der Waals surface area contributed by atoms with Crippen LogP contribution < -0.4 is 5.32 Å². The third-order valence-corrected chi connectivity index (χ3v) is 2.72. The number of hydrogen-bond acceptors (Lipinski definition) is 2. The van der Waals surface area contributed by atoms with Crippen LogP contribution in [0.15, 0.2) is 34.8 Å². The molecule has 0 aliphatic carbocycles. The molecule has 1 aromatic rings. The maximum Gasteiger partial charge on any atom is 0.244 e. The summed E-state index contributed by atoms with van der Waals surface area (Å²) in [6, 6.07) is 7.68. The van der Waals surface area contributed by atoms with E-state index in [1.165, 1.54) is 6.08 Å². The number of aliphatic hydroxyl groups excluding tert-OH is 1. The van der Waals surface area contributed by atoms with E-state index in [0.29, 0.717) is 6.42 Å². The summed E-state index contributed by atoms with van der Waals surface area (Å²) in [5.74, 6) is -0.147. The highest BCUT2D eigenvalue weighted by Crippen LogP contribution is 2.12. The van der Waals surface area contributed by atoms with E-state index in [2.05, 4.69) is 21.2 Å². The molecule has 1 amide bonds. The van der Waals surface area contributed by atoms with Gasteiger partial charge in [-0.1, -0.05) is 28.1 Å². The van der Waals surface area contributed by atoms with Crippen LogP contribution in [0.5, 0.6) is 0 Å². The van der Waals surface area contributed by atoms with Crippen LogP contribution in [-0.2, 0) is 4.79 Å². The van der Waals surface area contributed by atoms with E-state index in [0.717, 1.165) is 10.0 Å². The molecule has 0 saturated carbocycles. The zero-order valence-electron chi connectivity index (χ0n) is 9.69. The molecule has 0 spiro atoms. The molecule has 1 aromatic carbocycles. The number of carbonyl (C=O) groups excluding carboxylic acids is 1. The van der Waals surface area contributed by atoms with Crippen LogP contribution in [-0.4, -0.2) is 23.7 Å². The Hall–Kier alpha value is -1.13. The van der Waals surface area contributed by atoms with Crippen molar-refractivity contribution in [3.63, 3.8) is 0 Å². The van der Waals surface area contributed by atoms with Crippen LogP contribution in [0.3, 0.4) is 0 Å². The minimum Gasteiger partial charge on any atom is -0.396 e. The molecular weight excluding hydrogens is 282 g/mol. The normalized spacial score (nSPS) is 12.6. The highest BCUT2D eigenvalue weighted by atomic mass is 79.9. The Kier molecular flexibility index (Phi) is 5.94. The fourth-order valence-corrected chi connectivity index (χ4v) is 1.76. The number of benzene rings is 1. The molecule has 0 aliphatic heterocycles. The predicted octanol–water partition coefficient (Wildman–Crippen LogP) is 2.35.